The first kappa shape index (κ1) is 13.5. The van der Waals surface area contributed by atoms with E-state index in [1.54, 1.807) is 0 Å². The van der Waals surface area contributed by atoms with E-state index in [1.165, 1.54) is 16.9 Å². The van der Waals surface area contributed by atoms with Crippen molar-refractivity contribution in [1.29, 1.82) is 0 Å². The standard InChI is InChI=1S/C12H13F3N4S/c13-12(14,15)10-7-9-11(16-3-4-19(9)18-10)17-8-1-5-20-6-2-8/h3-4,7-8H,1-2,5-6H2,(H,16,17). The number of halogens is 3. The van der Waals surface area contributed by atoms with Gasteiger partial charge in [0.05, 0.1) is 0 Å². The summed E-state index contributed by atoms with van der Waals surface area (Å²) < 4.78 is 39.3. The first-order chi connectivity index (χ1) is 9.54. The summed E-state index contributed by atoms with van der Waals surface area (Å²) >= 11 is 1.89. The van der Waals surface area contributed by atoms with Crippen LogP contribution in [0.4, 0.5) is 19.0 Å². The van der Waals surface area contributed by atoms with E-state index < -0.39 is 11.9 Å². The van der Waals surface area contributed by atoms with E-state index in [4.69, 9.17) is 0 Å². The zero-order valence-electron chi connectivity index (χ0n) is 10.5. The highest BCUT2D eigenvalue weighted by Gasteiger charge is 2.34. The number of nitrogens with one attached hydrogen (secondary N) is 1. The summed E-state index contributed by atoms with van der Waals surface area (Å²) in [6, 6.07) is 1.30. The molecule has 0 unspecified atom stereocenters. The fraction of sp³-hybridized carbons (Fsp3) is 0.500. The highest BCUT2D eigenvalue weighted by atomic mass is 32.2. The predicted octanol–water partition coefficient (Wildman–Crippen LogP) is 3.06. The summed E-state index contributed by atoms with van der Waals surface area (Å²) in [5.74, 6) is 2.59. The molecule has 2 aromatic heterocycles. The van der Waals surface area contributed by atoms with E-state index in [1.807, 2.05) is 11.8 Å². The summed E-state index contributed by atoms with van der Waals surface area (Å²) in [4.78, 5) is 4.15. The van der Waals surface area contributed by atoms with Crippen LogP contribution in [0.3, 0.4) is 0 Å². The Kier molecular flexibility index (Phi) is 3.49. The van der Waals surface area contributed by atoms with E-state index in [0.29, 0.717) is 11.3 Å². The lowest BCUT2D eigenvalue weighted by Crippen LogP contribution is -2.25. The normalized spacial score (nSPS) is 17.6. The van der Waals surface area contributed by atoms with Gasteiger partial charge in [-0.25, -0.2) is 9.50 Å². The molecule has 0 bridgehead atoms. The molecule has 0 aromatic carbocycles. The summed E-state index contributed by atoms with van der Waals surface area (Å²) in [6.45, 7) is 0. The minimum Gasteiger partial charge on any atom is -0.365 e. The first-order valence-corrected chi connectivity index (χ1v) is 7.45. The highest BCUT2D eigenvalue weighted by Crippen LogP contribution is 2.30. The molecule has 1 fully saturated rings. The van der Waals surface area contributed by atoms with Crippen molar-refractivity contribution in [2.24, 2.45) is 0 Å². The Labute approximate surface area is 117 Å². The number of alkyl halides is 3. The third kappa shape index (κ3) is 2.70. The molecule has 1 aliphatic heterocycles. The fourth-order valence-corrected chi connectivity index (χ4v) is 3.31. The number of thioether (sulfide) groups is 1. The number of nitrogens with zero attached hydrogens (tertiary/aromatic N) is 3. The van der Waals surface area contributed by atoms with Gasteiger partial charge in [0.2, 0.25) is 0 Å². The minimum atomic E-state index is -4.44. The van der Waals surface area contributed by atoms with Gasteiger partial charge in [-0.1, -0.05) is 0 Å². The van der Waals surface area contributed by atoms with E-state index >= 15 is 0 Å². The third-order valence-corrected chi connectivity index (χ3v) is 4.29. The molecule has 20 heavy (non-hydrogen) atoms. The van der Waals surface area contributed by atoms with Gasteiger partial charge >= 0.3 is 6.18 Å². The first-order valence-electron chi connectivity index (χ1n) is 6.30. The maximum atomic E-state index is 12.7. The number of aromatic nitrogens is 3. The molecule has 1 aliphatic rings. The van der Waals surface area contributed by atoms with Gasteiger partial charge in [0.1, 0.15) is 5.52 Å². The maximum absolute atomic E-state index is 12.7. The molecule has 2 aromatic rings. The van der Waals surface area contributed by atoms with Crippen LogP contribution in [0.2, 0.25) is 0 Å². The average molecular weight is 302 g/mol. The largest absolute Gasteiger partial charge is 0.435 e. The van der Waals surface area contributed by atoms with E-state index in [0.717, 1.165) is 30.4 Å². The number of hydrogen-bond acceptors (Lipinski definition) is 4. The fourth-order valence-electron chi connectivity index (χ4n) is 2.21. The van der Waals surface area contributed by atoms with Crippen LogP contribution in [0.5, 0.6) is 0 Å². The van der Waals surface area contributed by atoms with Crippen molar-refractivity contribution in [2.45, 2.75) is 25.1 Å². The second-order valence-corrected chi connectivity index (χ2v) is 5.89. The quantitative estimate of drug-likeness (QED) is 0.926. The van der Waals surface area contributed by atoms with Crippen molar-refractivity contribution in [3.8, 4) is 0 Å². The summed E-state index contributed by atoms with van der Waals surface area (Å²) in [7, 11) is 0. The predicted molar refractivity (Wildman–Crippen MR) is 72.0 cm³/mol. The Bertz CT molecular complexity index is 604. The molecular weight excluding hydrogens is 289 g/mol. The zero-order valence-corrected chi connectivity index (χ0v) is 11.3. The second kappa shape index (κ2) is 5.16. The molecular formula is C12H13F3N4S. The minimum absolute atomic E-state index is 0.263. The number of rotatable bonds is 2. The van der Waals surface area contributed by atoms with Crippen LogP contribution in [-0.4, -0.2) is 32.1 Å². The van der Waals surface area contributed by atoms with Gasteiger partial charge in [-0.05, 0) is 24.3 Å². The van der Waals surface area contributed by atoms with Gasteiger partial charge in [0, 0.05) is 24.5 Å². The van der Waals surface area contributed by atoms with Gasteiger partial charge < -0.3 is 5.32 Å². The molecule has 0 atom stereocenters. The highest BCUT2D eigenvalue weighted by molar-refractivity contribution is 7.99. The topological polar surface area (TPSA) is 42.2 Å². The van der Waals surface area contributed by atoms with Crippen LogP contribution >= 0.6 is 11.8 Å². The molecule has 8 heteroatoms. The van der Waals surface area contributed by atoms with Crippen LogP contribution in [0, 0.1) is 0 Å². The van der Waals surface area contributed by atoms with Gasteiger partial charge in [-0.3, -0.25) is 0 Å². The molecule has 0 saturated carbocycles. The Morgan fingerprint density at radius 2 is 2.05 bits per heavy atom. The number of anilines is 1. The molecule has 4 nitrogen and oxygen atoms in total. The molecule has 1 N–H and O–H groups in total. The van der Waals surface area contributed by atoms with Crippen molar-refractivity contribution in [1.82, 2.24) is 14.6 Å². The van der Waals surface area contributed by atoms with Crippen molar-refractivity contribution < 1.29 is 13.2 Å². The van der Waals surface area contributed by atoms with Crippen molar-refractivity contribution >= 4 is 23.1 Å². The summed E-state index contributed by atoms with van der Waals surface area (Å²) in [6.07, 6.45) is 0.429. The van der Waals surface area contributed by atoms with Crippen molar-refractivity contribution in [3.63, 3.8) is 0 Å². The summed E-state index contributed by atoms with van der Waals surface area (Å²) in [5, 5.41) is 6.78. The monoisotopic (exact) mass is 302 g/mol. The molecule has 3 heterocycles. The maximum Gasteiger partial charge on any atom is 0.435 e. The molecule has 0 amide bonds. The van der Waals surface area contributed by atoms with E-state index in [2.05, 4.69) is 15.4 Å². The van der Waals surface area contributed by atoms with Gasteiger partial charge in [0.15, 0.2) is 11.5 Å². The molecule has 0 radical (unpaired) electrons. The molecule has 0 spiro atoms. The SMILES string of the molecule is FC(F)(F)c1cc2c(NC3CCSCC3)nccn2n1. The van der Waals surface area contributed by atoms with Crippen molar-refractivity contribution in [2.75, 3.05) is 16.8 Å². The Morgan fingerprint density at radius 1 is 1.30 bits per heavy atom. The molecule has 0 aliphatic carbocycles. The third-order valence-electron chi connectivity index (χ3n) is 3.24. The van der Waals surface area contributed by atoms with E-state index in [9.17, 15) is 13.2 Å². The Balaban J connectivity index is 1.92. The average Bonchev–Trinajstić information content (AvgIpc) is 2.85. The molecule has 3 rings (SSSR count). The van der Waals surface area contributed by atoms with Crippen LogP contribution in [0.15, 0.2) is 18.5 Å². The van der Waals surface area contributed by atoms with Gasteiger partial charge in [-0.15, -0.1) is 0 Å². The number of hydrogen-bond donors (Lipinski definition) is 1. The van der Waals surface area contributed by atoms with Gasteiger partial charge in [0.25, 0.3) is 0 Å². The Morgan fingerprint density at radius 3 is 2.75 bits per heavy atom. The van der Waals surface area contributed by atoms with Gasteiger partial charge in [-0.2, -0.15) is 30.0 Å². The number of fused-ring (bicyclic) bond motifs is 1. The van der Waals surface area contributed by atoms with Crippen LogP contribution in [-0.2, 0) is 6.18 Å². The second-order valence-electron chi connectivity index (χ2n) is 4.66. The smallest absolute Gasteiger partial charge is 0.365 e. The molecule has 1 saturated heterocycles. The van der Waals surface area contributed by atoms with E-state index in [-0.39, 0.29) is 6.04 Å². The lowest BCUT2D eigenvalue weighted by Gasteiger charge is -2.23. The van der Waals surface area contributed by atoms with Crippen LogP contribution in [0.1, 0.15) is 18.5 Å². The zero-order chi connectivity index (χ0) is 14.2. The summed E-state index contributed by atoms with van der Waals surface area (Å²) in [5.41, 5.74) is -0.536. The van der Waals surface area contributed by atoms with Crippen molar-refractivity contribution in [3.05, 3.63) is 24.2 Å². The lowest BCUT2D eigenvalue weighted by atomic mass is 10.1. The molecule has 108 valence electrons. The van der Waals surface area contributed by atoms with Crippen LogP contribution in [0.25, 0.3) is 5.52 Å². The van der Waals surface area contributed by atoms with Crippen LogP contribution < -0.4 is 5.32 Å². The lowest BCUT2D eigenvalue weighted by molar-refractivity contribution is -0.141. The Hall–Kier alpha value is -1.44.